The lowest BCUT2D eigenvalue weighted by molar-refractivity contribution is -0.113. The van der Waals surface area contributed by atoms with E-state index in [1.54, 1.807) is 13.8 Å². The number of anilines is 2. The van der Waals surface area contributed by atoms with Gasteiger partial charge in [-0.1, -0.05) is 24.9 Å². The molecule has 3 aromatic rings. The molecule has 7 nitrogen and oxygen atoms in total. The van der Waals surface area contributed by atoms with Gasteiger partial charge in [0, 0.05) is 40.3 Å². The molecule has 10 heteroatoms. The van der Waals surface area contributed by atoms with Gasteiger partial charge in [0.15, 0.2) is 5.15 Å². The number of rotatable bonds is 8. The highest BCUT2D eigenvalue weighted by atomic mass is 35.5. The smallest absolute Gasteiger partial charge is 0.254 e. The van der Waals surface area contributed by atoms with Crippen molar-refractivity contribution in [1.82, 2.24) is 15.3 Å². The van der Waals surface area contributed by atoms with Crippen molar-refractivity contribution in [3.63, 3.8) is 0 Å². The van der Waals surface area contributed by atoms with E-state index in [1.165, 1.54) is 48.5 Å². The number of nitrogens with zero attached hydrogens (tertiary/aromatic N) is 1. The molecule has 2 heterocycles. The van der Waals surface area contributed by atoms with E-state index >= 15 is 0 Å². The van der Waals surface area contributed by atoms with Gasteiger partial charge in [-0.15, -0.1) is 0 Å². The zero-order chi connectivity index (χ0) is 27.4. The first-order valence-corrected chi connectivity index (χ1v) is 12.6. The number of carbonyl (C=O) groups is 2. The van der Waals surface area contributed by atoms with E-state index in [1.807, 2.05) is 0 Å². The topological polar surface area (TPSA) is 98.9 Å². The summed E-state index contributed by atoms with van der Waals surface area (Å²) in [6, 6.07) is 10.8. The van der Waals surface area contributed by atoms with Gasteiger partial charge in [-0.3, -0.25) is 9.59 Å². The van der Waals surface area contributed by atoms with E-state index in [2.05, 4.69) is 32.8 Å². The van der Waals surface area contributed by atoms with Crippen molar-refractivity contribution < 1.29 is 18.4 Å². The van der Waals surface area contributed by atoms with Crippen molar-refractivity contribution in [3.8, 4) is 0 Å². The fourth-order valence-electron chi connectivity index (χ4n) is 4.42. The number of dihydropyridines is 1. The van der Waals surface area contributed by atoms with Crippen molar-refractivity contribution in [1.29, 1.82) is 0 Å². The highest BCUT2D eigenvalue weighted by molar-refractivity contribution is 6.30. The number of halogens is 3. The van der Waals surface area contributed by atoms with Gasteiger partial charge in [0.25, 0.3) is 11.8 Å². The third-order valence-electron chi connectivity index (χ3n) is 6.24. The lowest BCUT2D eigenvalue weighted by atomic mass is 9.82. The maximum atomic E-state index is 13.6. The molecule has 198 valence electrons. The van der Waals surface area contributed by atoms with Gasteiger partial charge < -0.3 is 20.9 Å². The molecule has 1 aliphatic heterocycles. The number of imidazole rings is 1. The summed E-state index contributed by atoms with van der Waals surface area (Å²) < 4.78 is 26.8. The van der Waals surface area contributed by atoms with E-state index in [9.17, 15) is 18.4 Å². The molecule has 0 aliphatic carbocycles. The Kier molecular flexibility index (Phi) is 8.26. The van der Waals surface area contributed by atoms with Gasteiger partial charge in [-0.25, -0.2) is 13.8 Å². The second-order valence-corrected chi connectivity index (χ2v) is 9.41. The fourth-order valence-corrected chi connectivity index (χ4v) is 4.67. The van der Waals surface area contributed by atoms with E-state index in [4.69, 9.17) is 11.6 Å². The number of hydrogen-bond acceptors (Lipinski definition) is 4. The Morgan fingerprint density at radius 3 is 1.82 bits per heavy atom. The molecular formula is C28H28ClF2N5O2. The number of aryl methyl sites for hydroxylation is 1. The first-order valence-electron chi connectivity index (χ1n) is 12.2. The van der Waals surface area contributed by atoms with Crippen molar-refractivity contribution in [3.05, 3.63) is 99.4 Å². The Hall–Kier alpha value is -3.98. The second-order valence-electron chi connectivity index (χ2n) is 9.05. The molecule has 0 radical (unpaired) electrons. The van der Waals surface area contributed by atoms with Crippen molar-refractivity contribution >= 4 is 34.8 Å². The van der Waals surface area contributed by atoms with Crippen molar-refractivity contribution in [2.24, 2.45) is 0 Å². The Labute approximate surface area is 224 Å². The summed E-state index contributed by atoms with van der Waals surface area (Å²) in [5.74, 6) is -2.10. The minimum Gasteiger partial charge on any atom is -0.362 e. The van der Waals surface area contributed by atoms with Gasteiger partial charge in [0.1, 0.15) is 17.5 Å². The number of amides is 2. The lowest BCUT2D eigenvalue weighted by Crippen LogP contribution is -2.35. The quantitative estimate of drug-likeness (QED) is 0.274. The Balaban J connectivity index is 1.77. The minimum atomic E-state index is -0.896. The molecule has 0 saturated carbocycles. The van der Waals surface area contributed by atoms with Crippen LogP contribution >= 0.6 is 11.6 Å². The SMILES string of the molecule is CCCCc1nc(Cl)c(C2C(C(=O)Nc3ccc(F)cc3)=C(C)NC(C)=C2C(=O)Nc2ccc(F)cc2)[nH]1. The molecular weight excluding hydrogens is 512 g/mol. The number of nitrogens with one attached hydrogen (secondary N) is 4. The summed E-state index contributed by atoms with van der Waals surface area (Å²) in [5, 5.41) is 8.85. The van der Waals surface area contributed by atoms with Crippen molar-refractivity contribution in [2.75, 3.05) is 10.6 Å². The standard InChI is InChI=1S/C28H28ClF2N5O2/c1-4-5-6-21-35-25(26(29)36-21)24-22(27(37)33-19-11-7-17(30)8-12-19)15(2)32-16(3)23(24)28(38)34-20-13-9-18(31)10-14-20/h7-14,24,32H,4-6H2,1-3H3,(H,33,37)(H,34,38)(H,35,36). The molecule has 1 aromatic heterocycles. The Bertz CT molecular complexity index is 1330. The molecule has 38 heavy (non-hydrogen) atoms. The van der Waals surface area contributed by atoms with Crippen LogP contribution in [-0.4, -0.2) is 21.8 Å². The predicted octanol–water partition coefficient (Wildman–Crippen LogP) is 6.20. The van der Waals surface area contributed by atoms with Gasteiger partial charge >= 0.3 is 0 Å². The maximum Gasteiger partial charge on any atom is 0.254 e. The molecule has 0 atom stereocenters. The van der Waals surface area contributed by atoms with E-state index < -0.39 is 29.4 Å². The van der Waals surface area contributed by atoms with Crippen LogP contribution in [0, 0.1) is 11.6 Å². The number of aromatic nitrogens is 2. The summed E-state index contributed by atoms with van der Waals surface area (Å²) in [5.41, 5.74) is 2.72. The largest absolute Gasteiger partial charge is 0.362 e. The van der Waals surface area contributed by atoms with E-state index in [0.717, 1.165) is 12.8 Å². The van der Waals surface area contributed by atoms with Crippen LogP contribution in [0.2, 0.25) is 5.15 Å². The zero-order valence-electron chi connectivity index (χ0n) is 21.2. The normalized spacial score (nSPS) is 13.9. The fraction of sp³-hybridized carbons (Fsp3) is 0.250. The van der Waals surface area contributed by atoms with Crippen LogP contribution in [0.15, 0.2) is 71.1 Å². The molecule has 0 bridgehead atoms. The van der Waals surface area contributed by atoms with Crippen LogP contribution in [0.4, 0.5) is 20.2 Å². The molecule has 0 fully saturated rings. The lowest BCUT2D eigenvalue weighted by Gasteiger charge is -2.30. The number of aromatic amines is 1. The summed E-state index contributed by atoms with van der Waals surface area (Å²) in [6.45, 7) is 5.52. The number of unbranched alkanes of at least 4 members (excludes halogenated alkanes) is 1. The van der Waals surface area contributed by atoms with Gasteiger partial charge in [-0.2, -0.15) is 0 Å². The predicted molar refractivity (Wildman–Crippen MR) is 144 cm³/mol. The first kappa shape index (κ1) is 27.1. The summed E-state index contributed by atoms with van der Waals surface area (Å²) in [6.07, 6.45) is 2.49. The third kappa shape index (κ3) is 5.94. The molecule has 4 N–H and O–H groups in total. The highest BCUT2D eigenvalue weighted by Gasteiger charge is 2.39. The van der Waals surface area contributed by atoms with Gasteiger partial charge in [0.05, 0.1) is 11.6 Å². The summed E-state index contributed by atoms with van der Waals surface area (Å²) >= 11 is 6.59. The van der Waals surface area contributed by atoms with Crippen LogP contribution in [0.1, 0.15) is 51.0 Å². The molecule has 0 spiro atoms. The third-order valence-corrected chi connectivity index (χ3v) is 6.53. The number of benzene rings is 2. The molecule has 1 aliphatic rings. The van der Waals surface area contributed by atoms with Crippen molar-refractivity contribution in [2.45, 2.75) is 46.0 Å². The Morgan fingerprint density at radius 2 is 1.37 bits per heavy atom. The summed E-state index contributed by atoms with van der Waals surface area (Å²) in [4.78, 5) is 34.9. The first-order chi connectivity index (χ1) is 18.2. The average Bonchev–Trinajstić information content (AvgIpc) is 3.24. The van der Waals surface area contributed by atoms with Crippen LogP contribution < -0.4 is 16.0 Å². The monoisotopic (exact) mass is 539 g/mol. The number of allylic oxidation sites excluding steroid dienone is 2. The number of carbonyl (C=O) groups excluding carboxylic acids is 2. The maximum absolute atomic E-state index is 13.6. The molecule has 0 saturated heterocycles. The summed E-state index contributed by atoms with van der Waals surface area (Å²) in [7, 11) is 0. The van der Waals surface area contributed by atoms with Crippen LogP contribution in [0.25, 0.3) is 0 Å². The van der Waals surface area contributed by atoms with E-state index in [-0.39, 0.29) is 16.3 Å². The minimum absolute atomic E-state index is 0.155. The van der Waals surface area contributed by atoms with E-state index in [0.29, 0.717) is 40.7 Å². The molecule has 2 amide bonds. The average molecular weight is 540 g/mol. The second kappa shape index (κ2) is 11.6. The van der Waals surface area contributed by atoms with Crippen LogP contribution in [0.5, 0.6) is 0 Å². The molecule has 0 unspecified atom stereocenters. The van der Waals surface area contributed by atoms with Crippen LogP contribution in [0.3, 0.4) is 0 Å². The van der Waals surface area contributed by atoms with Crippen LogP contribution in [-0.2, 0) is 16.0 Å². The van der Waals surface area contributed by atoms with Gasteiger partial charge in [-0.05, 0) is 68.8 Å². The number of H-pyrrole nitrogens is 1. The molecule has 2 aromatic carbocycles. The number of hydrogen-bond donors (Lipinski definition) is 4. The highest BCUT2D eigenvalue weighted by Crippen LogP contribution is 2.41. The Morgan fingerprint density at radius 1 is 0.895 bits per heavy atom. The zero-order valence-corrected chi connectivity index (χ0v) is 22.0. The molecule has 4 rings (SSSR count). The van der Waals surface area contributed by atoms with Gasteiger partial charge in [0.2, 0.25) is 0 Å².